The Morgan fingerprint density at radius 3 is 1.10 bits per heavy atom. The van der Waals surface area contributed by atoms with E-state index in [1.165, 1.54) is 99.4 Å². The summed E-state index contributed by atoms with van der Waals surface area (Å²) in [5, 5.41) is 5.19. The number of hydrogen-bond donors (Lipinski definition) is 0. The minimum absolute atomic E-state index is 0.224. The van der Waals surface area contributed by atoms with Gasteiger partial charge in [0.05, 0.1) is 23.0 Å². The van der Waals surface area contributed by atoms with Gasteiger partial charge in [0.25, 0.3) is 0 Å². The van der Waals surface area contributed by atoms with Crippen LogP contribution in [0.2, 0.25) is 13.1 Å². The standard InChI is InChI=1S/2C26H27O.C2H6Si.2ClH.Zr/c2*1-7-20-8-9-21-13-22(25-12-17(4)19(6)27-25)14-24(21)26(20)23-10-15(2)18(5)16(3)11-23;1-3-2;;;/h2*8-14H,7H2,1-6H3;1-2H3;2*1H;/q2*-1;;;;+2/p-2. The first kappa shape index (κ1) is 45.9. The zero-order valence-electron chi connectivity index (χ0n) is 38.1. The van der Waals surface area contributed by atoms with Crippen molar-refractivity contribution in [3.8, 4) is 44.9 Å². The van der Waals surface area contributed by atoms with Gasteiger partial charge in [-0.3, -0.25) is 0 Å². The molecule has 6 aromatic carbocycles. The van der Waals surface area contributed by atoms with Gasteiger partial charge in [0.1, 0.15) is 0 Å². The molecular weight excluding hydrogens is 871 g/mol. The minimum atomic E-state index is -1.65. The molecule has 2 nitrogen and oxygen atoms in total. The van der Waals surface area contributed by atoms with Crippen LogP contribution in [0.4, 0.5) is 0 Å². The number of furan rings is 2. The molecule has 0 N–H and O–H groups in total. The summed E-state index contributed by atoms with van der Waals surface area (Å²) < 4.78 is 12.0. The monoisotopic (exact) mass is 928 g/mol. The van der Waals surface area contributed by atoms with Gasteiger partial charge in [-0.05, 0) is 161 Å². The third-order valence-corrected chi connectivity index (χ3v) is 32.2. The maximum absolute atomic E-state index is 5.99. The third kappa shape index (κ3) is 9.69. The van der Waals surface area contributed by atoms with Gasteiger partial charge in [0.15, 0.2) is 0 Å². The summed E-state index contributed by atoms with van der Waals surface area (Å²) in [6.07, 6.45) is 2.05. The predicted octanol–water partition coefficient (Wildman–Crippen LogP) is 17.3. The molecule has 0 radical (unpaired) electrons. The third-order valence-electron chi connectivity index (χ3n) is 12.4. The van der Waals surface area contributed by atoms with Gasteiger partial charge in [-0.1, -0.05) is 72.5 Å². The Labute approximate surface area is 374 Å². The molecular formula is C54H60Cl2O2SiZr-2. The first-order valence-electron chi connectivity index (χ1n) is 21.2. The molecule has 0 amide bonds. The first-order chi connectivity index (χ1) is 28.4. The van der Waals surface area contributed by atoms with Gasteiger partial charge in [-0.15, -0.1) is 57.9 Å². The number of hydrogen-bond acceptors (Lipinski definition) is 2. The number of fused-ring (bicyclic) bond motifs is 2. The molecule has 0 unspecified atom stereocenters. The van der Waals surface area contributed by atoms with Crippen molar-refractivity contribution in [2.45, 2.75) is 109 Å². The molecule has 60 heavy (non-hydrogen) atoms. The molecule has 0 aliphatic heterocycles. The topological polar surface area (TPSA) is 26.3 Å². The SMILES string of the molecule is CCc1ccc2[cH-]c(-c3cc(C)c(C)o3)cc2c1-c1cc(C)c(C)c(C)c1.CCc1ccc2[cH-]c(-c3cc(C)c(C)o3)cc2c1-c1cc(C)c(C)c(C)c1.C[Si](C)=[Zr]([Cl])[Cl]. The second-order valence-corrected chi connectivity index (χ2v) is 39.8. The van der Waals surface area contributed by atoms with Crippen LogP contribution in [0.15, 0.2) is 93.8 Å². The average Bonchev–Trinajstić information content (AvgIpc) is 4.00. The number of halogens is 2. The quantitative estimate of drug-likeness (QED) is 0.123. The van der Waals surface area contributed by atoms with E-state index in [1.807, 2.05) is 13.8 Å². The maximum atomic E-state index is 5.99. The normalized spacial score (nSPS) is 11.1. The van der Waals surface area contributed by atoms with Crippen LogP contribution >= 0.6 is 17.0 Å². The summed E-state index contributed by atoms with van der Waals surface area (Å²) in [7, 11) is 11.2. The second-order valence-electron chi connectivity index (χ2n) is 16.8. The van der Waals surface area contributed by atoms with E-state index < -0.39 is 18.0 Å². The van der Waals surface area contributed by atoms with Crippen LogP contribution in [0.3, 0.4) is 0 Å². The molecule has 312 valence electrons. The fourth-order valence-electron chi connectivity index (χ4n) is 8.00. The Morgan fingerprint density at radius 2 is 0.833 bits per heavy atom. The Kier molecular flexibility index (Phi) is 14.6. The number of rotatable bonds is 6. The van der Waals surface area contributed by atoms with Gasteiger partial charge < -0.3 is 8.83 Å². The van der Waals surface area contributed by atoms with Crippen molar-refractivity contribution in [2.24, 2.45) is 0 Å². The van der Waals surface area contributed by atoms with Crippen molar-refractivity contribution in [2.75, 3.05) is 0 Å². The van der Waals surface area contributed by atoms with Crippen molar-refractivity contribution in [3.63, 3.8) is 0 Å². The van der Waals surface area contributed by atoms with E-state index in [2.05, 4.69) is 167 Å². The van der Waals surface area contributed by atoms with Gasteiger partial charge in [0, 0.05) is 0 Å². The van der Waals surface area contributed by atoms with Crippen LogP contribution < -0.4 is 0 Å². The predicted molar refractivity (Wildman–Crippen MR) is 261 cm³/mol. The summed E-state index contributed by atoms with van der Waals surface area (Å²) in [4.78, 5) is 0. The molecule has 0 saturated carbocycles. The van der Waals surface area contributed by atoms with Crippen molar-refractivity contribution >= 4 is 44.0 Å². The van der Waals surface area contributed by atoms with Crippen LogP contribution in [0.25, 0.3) is 66.4 Å². The number of benzene rings is 4. The summed E-state index contributed by atoms with van der Waals surface area (Å²) in [5.74, 6) is 3.91. The summed E-state index contributed by atoms with van der Waals surface area (Å²) >= 11 is -1.65. The molecule has 0 spiro atoms. The zero-order valence-corrected chi connectivity index (χ0v) is 43.0. The van der Waals surface area contributed by atoms with Crippen LogP contribution in [-0.4, -0.2) is 5.43 Å². The Balaban J connectivity index is 0.000000177. The molecule has 2 aromatic heterocycles. The van der Waals surface area contributed by atoms with E-state index >= 15 is 0 Å². The molecule has 0 fully saturated rings. The van der Waals surface area contributed by atoms with E-state index in [0.717, 1.165) is 47.0 Å². The molecule has 8 aromatic rings. The van der Waals surface area contributed by atoms with Crippen molar-refractivity contribution in [1.82, 2.24) is 0 Å². The molecule has 0 aliphatic carbocycles. The molecule has 0 atom stereocenters. The van der Waals surface area contributed by atoms with Crippen LogP contribution in [0, 0.1) is 69.2 Å². The molecule has 0 aliphatic rings. The molecule has 2 heterocycles. The van der Waals surface area contributed by atoms with E-state index in [1.54, 1.807) is 0 Å². The summed E-state index contributed by atoms with van der Waals surface area (Å²) in [6.45, 7) is 30.3. The van der Waals surface area contributed by atoms with Crippen LogP contribution in [0.5, 0.6) is 0 Å². The van der Waals surface area contributed by atoms with E-state index in [9.17, 15) is 0 Å². The van der Waals surface area contributed by atoms with Gasteiger partial charge in [0.2, 0.25) is 0 Å². The Hall–Kier alpha value is -3.66. The van der Waals surface area contributed by atoms with Gasteiger partial charge >= 0.3 is 53.5 Å². The Morgan fingerprint density at radius 1 is 0.500 bits per heavy atom. The van der Waals surface area contributed by atoms with E-state index in [4.69, 9.17) is 25.9 Å². The van der Waals surface area contributed by atoms with Crippen molar-refractivity contribution in [1.29, 1.82) is 0 Å². The molecule has 0 saturated heterocycles. The van der Waals surface area contributed by atoms with E-state index in [0.29, 0.717) is 0 Å². The van der Waals surface area contributed by atoms with E-state index in [-0.39, 0.29) is 5.43 Å². The Bertz CT molecular complexity index is 2600. The second kappa shape index (κ2) is 19.2. The summed E-state index contributed by atoms with van der Waals surface area (Å²) in [6, 6.07) is 31.8. The van der Waals surface area contributed by atoms with Gasteiger partial charge in [-0.25, -0.2) is 0 Å². The first-order valence-corrected chi connectivity index (χ1v) is 33.7. The zero-order chi connectivity index (χ0) is 43.7. The fourth-order valence-corrected chi connectivity index (χ4v) is 8.00. The summed E-state index contributed by atoms with van der Waals surface area (Å²) in [5.41, 5.74) is 20.9. The molecule has 6 heteroatoms. The van der Waals surface area contributed by atoms with Crippen LogP contribution in [0.1, 0.15) is 81.0 Å². The molecule has 0 bridgehead atoms. The van der Waals surface area contributed by atoms with Gasteiger partial charge in [-0.2, -0.15) is 0 Å². The van der Waals surface area contributed by atoms with Crippen molar-refractivity contribution < 1.29 is 26.8 Å². The molecule has 8 rings (SSSR count). The fraction of sp³-hybridized carbons (Fsp3) is 0.296. The number of aryl methyl sites for hydroxylation is 10. The van der Waals surface area contributed by atoms with Crippen LogP contribution in [-0.2, 0) is 30.8 Å². The average molecular weight is 931 g/mol. The van der Waals surface area contributed by atoms with Crippen molar-refractivity contribution in [3.05, 3.63) is 152 Å².